The van der Waals surface area contributed by atoms with Gasteiger partial charge in [0.1, 0.15) is 0 Å². The number of hydrogen-bond donors (Lipinski definition) is 2. The number of nitrogens with one attached hydrogen (secondary N) is 2. The highest BCUT2D eigenvalue weighted by atomic mass is 19.4. The zero-order valence-corrected chi connectivity index (χ0v) is 15.2. The maximum Gasteiger partial charge on any atom is 0.418 e. The molecule has 2 rings (SSSR count). The van der Waals surface area contributed by atoms with E-state index in [0.717, 1.165) is 6.07 Å². The Bertz CT molecular complexity index is 812. The number of aryl methyl sites for hydroxylation is 1. The van der Waals surface area contributed by atoms with Gasteiger partial charge >= 0.3 is 18.5 Å². The topological polar surface area (TPSA) is 27.8 Å². The van der Waals surface area contributed by atoms with Crippen LogP contribution in [0.4, 0.5) is 39.5 Å². The molecule has 1 unspecified atom stereocenters. The highest BCUT2D eigenvalue weighted by Crippen LogP contribution is 2.36. The predicted molar refractivity (Wildman–Crippen MR) is 87.0 cm³/mol. The first kappa shape index (κ1) is 23.1. The van der Waals surface area contributed by atoms with Crippen LogP contribution in [0.1, 0.15) is 40.6 Å². The van der Waals surface area contributed by atoms with Crippen LogP contribution in [0.5, 0.6) is 0 Å². The van der Waals surface area contributed by atoms with Crippen molar-refractivity contribution >= 4 is 0 Å². The van der Waals surface area contributed by atoms with E-state index in [9.17, 15) is 39.5 Å². The largest absolute Gasteiger partial charge is 0.418 e. The monoisotopic (exact) mass is 432 g/mol. The number of H-pyrrole nitrogens is 1. The fraction of sp³-hybridized carbons (Fsp3) is 0.444. The summed E-state index contributed by atoms with van der Waals surface area (Å²) in [4.78, 5) is 2.55. The third-order valence-corrected chi connectivity index (χ3v) is 4.16. The first-order chi connectivity index (χ1) is 13.1. The molecule has 1 heterocycles. The fourth-order valence-corrected chi connectivity index (χ4v) is 2.88. The number of benzene rings is 1. The van der Waals surface area contributed by atoms with E-state index in [1.54, 1.807) is 0 Å². The first-order valence-corrected chi connectivity index (χ1v) is 8.35. The van der Waals surface area contributed by atoms with Crippen molar-refractivity contribution in [1.29, 1.82) is 0 Å². The summed E-state index contributed by atoms with van der Waals surface area (Å²) in [7, 11) is 0. The van der Waals surface area contributed by atoms with Crippen molar-refractivity contribution in [1.82, 2.24) is 10.3 Å². The summed E-state index contributed by atoms with van der Waals surface area (Å²) >= 11 is 0. The van der Waals surface area contributed by atoms with Gasteiger partial charge in [-0.05, 0) is 50.1 Å². The van der Waals surface area contributed by atoms with Gasteiger partial charge in [0.2, 0.25) is 0 Å². The maximum atomic E-state index is 13.0. The molecule has 0 fully saturated rings. The third-order valence-electron chi connectivity index (χ3n) is 4.16. The first-order valence-electron chi connectivity index (χ1n) is 8.35. The second kappa shape index (κ2) is 7.92. The van der Waals surface area contributed by atoms with Gasteiger partial charge in [0, 0.05) is 24.0 Å². The van der Waals surface area contributed by atoms with Crippen molar-refractivity contribution < 1.29 is 39.5 Å². The Hall–Kier alpha value is -2.17. The molecule has 162 valence electrons. The van der Waals surface area contributed by atoms with Gasteiger partial charge in [0.15, 0.2) is 0 Å². The van der Waals surface area contributed by atoms with Crippen LogP contribution < -0.4 is 5.32 Å². The van der Waals surface area contributed by atoms with Gasteiger partial charge in [-0.1, -0.05) is 0 Å². The average Bonchev–Trinajstić information content (AvgIpc) is 2.92. The van der Waals surface area contributed by atoms with Crippen LogP contribution in [-0.4, -0.2) is 11.0 Å². The highest BCUT2D eigenvalue weighted by molar-refractivity contribution is 5.34. The molecule has 2 N–H and O–H groups in total. The van der Waals surface area contributed by atoms with Gasteiger partial charge in [-0.2, -0.15) is 39.5 Å². The lowest BCUT2D eigenvalue weighted by Gasteiger charge is -2.18. The van der Waals surface area contributed by atoms with Crippen LogP contribution in [0.2, 0.25) is 0 Å². The Kier molecular flexibility index (Phi) is 6.32. The molecule has 2 nitrogen and oxygen atoms in total. The number of rotatable bonds is 5. The molecule has 0 spiro atoms. The molecule has 0 radical (unpaired) electrons. The van der Waals surface area contributed by atoms with Crippen molar-refractivity contribution in [2.45, 2.75) is 51.4 Å². The zero-order chi connectivity index (χ0) is 22.2. The lowest BCUT2D eigenvalue weighted by molar-refractivity contribution is -0.143. The van der Waals surface area contributed by atoms with E-state index in [1.165, 1.54) is 13.8 Å². The van der Waals surface area contributed by atoms with Crippen LogP contribution in [0, 0.1) is 6.92 Å². The van der Waals surface area contributed by atoms with Gasteiger partial charge < -0.3 is 10.3 Å². The van der Waals surface area contributed by atoms with Gasteiger partial charge in [0.05, 0.1) is 16.7 Å². The Morgan fingerprint density at radius 1 is 0.828 bits per heavy atom. The quantitative estimate of drug-likeness (QED) is 0.549. The molecule has 11 heteroatoms. The van der Waals surface area contributed by atoms with E-state index in [0.29, 0.717) is 12.1 Å². The summed E-state index contributed by atoms with van der Waals surface area (Å²) < 4.78 is 116. The molecule has 0 saturated heterocycles. The second-order valence-electron chi connectivity index (χ2n) is 6.74. The molecule has 2 aromatic rings. The molecular formula is C18H17F9N2. The van der Waals surface area contributed by atoms with Crippen LogP contribution in [0.15, 0.2) is 24.3 Å². The minimum absolute atomic E-state index is 0.0267. The summed E-state index contributed by atoms with van der Waals surface area (Å²) in [5.41, 5.74) is -3.88. The SMILES string of the molecule is Cc1cc(C(F)(F)F)c(CNC(C)Cc2cc(C(F)(F)F)cc(C(F)(F)F)c2)[nH]1. The standard InChI is InChI=1S/C18H17F9N2/c1-9(28-8-15-14(18(25,26)27)4-10(2)29-15)3-11-5-12(16(19,20)21)7-13(6-11)17(22,23)24/h4-7,9,28-29H,3,8H2,1-2H3. The van der Waals surface area contributed by atoms with E-state index < -0.39 is 41.3 Å². The lowest BCUT2D eigenvalue weighted by Crippen LogP contribution is -2.29. The normalized spacial score (nSPS) is 14.3. The molecule has 29 heavy (non-hydrogen) atoms. The summed E-state index contributed by atoms with van der Waals surface area (Å²) in [6.45, 7) is 2.61. The van der Waals surface area contributed by atoms with E-state index in [4.69, 9.17) is 0 Å². The number of halogens is 9. The molecule has 0 amide bonds. The van der Waals surface area contributed by atoms with Crippen LogP contribution >= 0.6 is 0 Å². The number of aromatic amines is 1. The predicted octanol–water partition coefficient (Wildman–Crippen LogP) is 6.10. The third kappa shape index (κ3) is 6.15. The number of hydrogen-bond acceptors (Lipinski definition) is 1. The molecule has 1 atom stereocenters. The molecule has 0 aliphatic carbocycles. The van der Waals surface area contributed by atoms with Gasteiger partial charge in [-0.25, -0.2) is 0 Å². The van der Waals surface area contributed by atoms with Crippen molar-refractivity contribution in [3.63, 3.8) is 0 Å². The summed E-state index contributed by atoms with van der Waals surface area (Å²) in [6.07, 6.45) is -14.8. The van der Waals surface area contributed by atoms with Crippen LogP contribution in [0.25, 0.3) is 0 Å². The molecular weight excluding hydrogens is 415 g/mol. The Balaban J connectivity index is 2.18. The molecule has 1 aromatic heterocycles. The molecule has 1 aromatic carbocycles. The summed E-state index contributed by atoms with van der Waals surface area (Å²) in [5, 5.41) is 2.70. The minimum Gasteiger partial charge on any atom is -0.361 e. The molecule has 0 aliphatic rings. The van der Waals surface area contributed by atoms with Crippen LogP contribution in [0.3, 0.4) is 0 Å². The van der Waals surface area contributed by atoms with Crippen molar-refractivity contribution in [3.05, 3.63) is 57.9 Å². The van der Waals surface area contributed by atoms with Crippen molar-refractivity contribution in [2.24, 2.45) is 0 Å². The van der Waals surface area contributed by atoms with E-state index in [2.05, 4.69) is 10.3 Å². The van der Waals surface area contributed by atoms with Gasteiger partial charge in [-0.15, -0.1) is 0 Å². The smallest absolute Gasteiger partial charge is 0.361 e. The van der Waals surface area contributed by atoms with Gasteiger partial charge in [0.25, 0.3) is 0 Å². The highest BCUT2D eigenvalue weighted by Gasteiger charge is 2.37. The Morgan fingerprint density at radius 3 is 1.79 bits per heavy atom. The molecule has 0 saturated carbocycles. The van der Waals surface area contributed by atoms with E-state index >= 15 is 0 Å². The molecule has 0 aliphatic heterocycles. The fourth-order valence-electron chi connectivity index (χ4n) is 2.88. The van der Waals surface area contributed by atoms with E-state index in [-0.39, 0.29) is 36.0 Å². The van der Waals surface area contributed by atoms with Crippen LogP contribution in [-0.2, 0) is 31.5 Å². The average molecular weight is 432 g/mol. The summed E-state index contributed by atoms with van der Waals surface area (Å²) in [5.74, 6) is 0. The minimum atomic E-state index is -4.96. The Morgan fingerprint density at radius 2 is 1.34 bits per heavy atom. The van der Waals surface area contributed by atoms with Gasteiger partial charge in [-0.3, -0.25) is 0 Å². The number of aromatic nitrogens is 1. The van der Waals surface area contributed by atoms with Crippen molar-refractivity contribution in [3.8, 4) is 0 Å². The number of alkyl halides is 9. The second-order valence-corrected chi connectivity index (χ2v) is 6.74. The maximum absolute atomic E-state index is 13.0. The summed E-state index contributed by atoms with van der Waals surface area (Å²) in [6, 6.07) is 1.47. The van der Waals surface area contributed by atoms with E-state index in [1.807, 2.05) is 0 Å². The Labute approximate surface area is 160 Å². The molecule has 0 bridgehead atoms. The lowest BCUT2D eigenvalue weighted by atomic mass is 10.00. The zero-order valence-electron chi connectivity index (χ0n) is 15.2. The van der Waals surface area contributed by atoms with Crippen molar-refractivity contribution in [2.75, 3.05) is 0 Å².